The lowest BCUT2D eigenvalue weighted by Gasteiger charge is -2.05. The van der Waals surface area contributed by atoms with Crippen molar-refractivity contribution in [1.29, 1.82) is 0 Å². The molecular formula is C17H29N3O5. The van der Waals surface area contributed by atoms with Crippen LogP contribution in [0.25, 0.3) is 0 Å². The van der Waals surface area contributed by atoms with Crippen molar-refractivity contribution in [2.75, 3.05) is 33.0 Å². The van der Waals surface area contributed by atoms with Crippen LogP contribution in [0.2, 0.25) is 0 Å². The minimum absolute atomic E-state index is 0.127. The second kappa shape index (κ2) is 13.6. The maximum Gasteiger partial charge on any atom is 0.132 e. The molecule has 0 radical (unpaired) electrons. The van der Waals surface area contributed by atoms with Crippen LogP contribution in [0.15, 0.2) is 6.20 Å². The predicted molar refractivity (Wildman–Crippen MR) is 91.1 cm³/mol. The summed E-state index contributed by atoms with van der Waals surface area (Å²) in [7, 11) is 0. The molecule has 0 fully saturated rings. The van der Waals surface area contributed by atoms with E-state index in [0.29, 0.717) is 52.5 Å². The van der Waals surface area contributed by atoms with Crippen LogP contribution >= 0.6 is 0 Å². The maximum absolute atomic E-state index is 10.9. The second-order valence-electron chi connectivity index (χ2n) is 5.86. The van der Waals surface area contributed by atoms with Gasteiger partial charge in [0.2, 0.25) is 0 Å². The average molecular weight is 355 g/mol. The van der Waals surface area contributed by atoms with E-state index in [1.165, 1.54) is 0 Å². The van der Waals surface area contributed by atoms with Crippen molar-refractivity contribution in [1.82, 2.24) is 15.0 Å². The quantitative estimate of drug-likeness (QED) is 0.416. The molecule has 0 aromatic carbocycles. The van der Waals surface area contributed by atoms with Gasteiger partial charge in [0.1, 0.15) is 17.3 Å². The summed E-state index contributed by atoms with van der Waals surface area (Å²) in [5.74, 6) is 0.347. The number of aromatic nitrogens is 3. The first-order chi connectivity index (χ1) is 12.1. The molecule has 0 N–H and O–H groups in total. The van der Waals surface area contributed by atoms with E-state index in [9.17, 15) is 9.59 Å². The van der Waals surface area contributed by atoms with Gasteiger partial charge in [-0.15, -0.1) is 5.10 Å². The highest BCUT2D eigenvalue weighted by Crippen LogP contribution is 2.01. The van der Waals surface area contributed by atoms with Crippen LogP contribution in [0.1, 0.15) is 45.2 Å². The highest BCUT2D eigenvalue weighted by atomic mass is 16.5. The fraction of sp³-hybridized carbons (Fsp3) is 0.765. The Morgan fingerprint density at radius 1 is 0.920 bits per heavy atom. The van der Waals surface area contributed by atoms with E-state index in [1.54, 1.807) is 18.5 Å². The summed E-state index contributed by atoms with van der Waals surface area (Å²) in [6.45, 7) is 6.66. The van der Waals surface area contributed by atoms with Crippen LogP contribution in [-0.2, 0) is 37.0 Å². The molecule has 8 heteroatoms. The summed E-state index contributed by atoms with van der Waals surface area (Å²) in [5.41, 5.74) is 0.777. The van der Waals surface area contributed by atoms with Gasteiger partial charge in [-0.2, -0.15) is 0 Å². The number of rotatable bonds is 16. The number of ketones is 2. The number of unbranched alkanes of at least 4 members (excludes halogenated alkanes) is 1. The second-order valence-corrected chi connectivity index (χ2v) is 5.86. The van der Waals surface area contributed by atoms with Crippen LogP contribution < -0.4 is 0 Å². The molecule has 1 rings (SSSR count). The van der Waals surface area contributed by atoms with Crippen LogP contribution in [-0.4, -0.2) is 59.6 Å². The van der Waals surface area contributed by atoms with Crippen molar-refractivity contribution in [3.63, 3.8) is 0 Å². The number of hydrogen-bond donors (Lipinski definition) is 0. The number of carbonyl (C=O) groups excluding carboxylic acids is 2. The monoisotopic (exact) mass is 355 g/mol. The van der Waals surface area contributed by atoms with Crippen molar-refractivity contribution < 1.29 is 23.8 Å². The van der Waals surface area contributed by atoms with E-state index >= 15 is 0 Å². The summed E-state index contributed by atoms with van der Waals surface area (Å²) in [4.78, 5) is 21.6. The lowest BCUT2D eigenvalue weighted by atomic mass is 10.2. The zero-order chi connectivity index (χ0) is 18.3. The van der Waals surface area contributed by atoms with E-state index in [1.807, 2.05) is 6.20 Å². The van der Waals surface area contributed by atoms with Crippen molar-refractivity contribution in [3.8, 4) is 0 Å². The van der Waals surface area contributed by atoms with Crippen LogP contribution in [0.5, 0.6) is 0 Å². The molecule has 0 saturated heterocycles. The smallest absolute Gasteiger partial charge is 0.132 e. The van der Waals surface area contributed by atoms with E-state index in [0.717, 1.165) is 25.1 Å². The highest BCUT2D eigenvalue weighted by Gasteiger charge is 2.02. The van der Waals surface area contributed by atoms with Gasteiger partial charge in [-0.05, 0) is 26.7 Å². The van der Waals surface area contributed by atoms with Gasteiger partial charge in [0.15, 0.2) is 0 Å². The van der Waals surface area contributed by atoms with Gasteiger partial charge < -0.3 is 19.0 Å². The molecule has 25 heavy (non-hydrogen) atoms. The molecule has 0 bridgehead atoms. The molecule has 0 atom stereocenters. The normalized spacial score (nSPS) is 11.0. The van der Waals surface area contributed by atoms with E-state index in [4.69, 9.17) is 14.2 Å². The Kier molecular flexibility index (Phi) is 11.7. The largest absolute Gasteiger partial charge is 0.379 e. The van der Waals surface area contributed by atoms with E-state index < -0.39 is 0 Å². The summed E-state index contributed by atoms with van der Waals surface area (Å²) >= 11 is 0. The van der Waals surface area contributed by atoms with Crippen molar-refractivity contribution in [2.24, 2.45) is 0 Å². The topological polar surface area (TPSA) is 92.5 Å². The third-order valence-corrected chi connectivity index (χ3v) is 3.34. The highest BCUT2D eigenvalue weighted by molar-refractivity contribution is 5.75. The number of Topliss-reactive ketones (excluding diaryl/α,β-unsaturated/α-hetero) is 2. The Bertz CT molecular complexity index is 504. The molecule has 8 nitrogen and oxygen atoms in total. The zero-order valence-electron chi connectivity index (χ0n) is 15.2. The van der Waals surface area contributed by atoms with Gasteiger partial charge >= 0.3 is 0 Å². The number of nitrogens with zero attached hydrogens (tertiary/aromatic N) is 3. The third kappa shape index (κ3) is 12.4. The van der Waals surface area contributed by atoms with Gasteiger partial charge in [-0.1, -0.05) is 5.21 Å². The summed E-state index contributed by atoms with van der Waals surface area (Å²) in [5, 5.41) is 8.08. The van der Waals surface area contributed by atoms with Gasteiger partial charge in [-0.25, -0.2) is 0 Å². The Labute approximate surface area is 148 Å². The first-order valence-electron chi connectivity index (χ1n) is 8.69. The van der Waals surface area contributed by atoms with Crippen LogP contribution in [0.4, 0.5) is 0 Å². The van der Waals surface area contributed by atoms with E-state index in [-0.39, 0.29) is 11.6 Å². The summed E-state index contributed by atoms with van der Waals surface area (Å²) < 4.78 is 17.9. The molecular weight excluding hydrogens is 326 g/mol. The molecule has 1 aromatic heterocycles. The molecule has 1 aromatic rings. The Morgan fingerprint density at radius 2 is 1.56 bits per heavy atom. The van der Waals surface area contributed by atoms with Crippen molar-refractivity contribution >= 4 is 11.6 Å². The van der Waals surface area contributed by atoms with Crippen LogP contribution in [0, 0.1) is 0 Å². The molecule has 0 amide bonds. The SMILES string of the molecule is CC(=O)CCCCn1cc(COCCOCCOCCC(C)=O)nn1. The van der Waals surface area contributed by atoms with Gasteiger partial charge in [-0.3, -0.25) is 9.48 Å². The van der Waals surface area contributed by atoms with Gasteiger partial charge in [0, 0.05) is 19.4 Å². The lowest BCUT2D eigenvalue weighted by molar-refractivity contribution is -0.118. The minimum atomic E-state index is 0.127. The average Bonchev–Trinajstić information content (AvgIpc) is 3.00. The first-order valence-corrected chi connectivity index (χ1v) is 8.69. The standard InChI is InChI=1S/C17H29N3O5/c1-15(21)5-3-4-7-20-13-17(18-19-20)14-25-12-11-24-10-9-23-8-6-16(2)22/h13H,3-12,14H2,1-2H3. The van der Waals surface area contributed by atoms with Crippen molar-refractivity contribution in [2.45, 2.75) is 52.7 Å². The van der Waals surface area contributed by atoms with Gasteiger partial charge in [0.25, 0.3) is 0 Å². The summed E-state index contributed by atoms with van der Waals surface area (Å²) in [6, 6.07) is 0. The fourth-order valence-electron chi connectivity index (χ4n) is 1.99. The molecule has 0 aliphatic heterocycles. The Hall–Kier alpha value is -1.64. The molecule has 1 heterocycles. The molecule has 142 valence electrons. The predicted octanol–water partition coefficient (Wildman–Crippen LogP) is 1.57. The lowest BCUT2D eigenvalue weighted by Crippen LogP contribution is -2.10. The number of ether oxygens (including phenoxy) is 3. The Balaban J connectivity index is 1.94. The number of carbonyl (C=O) groups is 2. The number of hydrogen-bond acceptors (Lipinski definition) is 7. The Morgan fingerprint density at radius 3 is 2.24 bits per heavy atom. The van der Waals surface area contributed by atoms with Gasteiger partial charge in [0.05, 0.1) is 45.8 Å². The molecule has 0 saturated carbocycles. The molecule has 0 unspecified atom stereocenters. The molecule has 0 aliphatic carbocycles. The molecule has 0 spiro atoms. The zero-order valence-corrected chi connectivity index (χ0v) is 15.2. The fourth-order valence-corrected chi connectivity index (χ4v) is 1.99. The first kappa shape index (κ1) is 21.4. The minimum Gasteiger partial charge on any atom is -0.379 e. The number of aryl methyl sites for hydroxylation is 1. The maximum atomic E-state index is 10.9. The van der Waals surface area contributed by atoms with Crippen molar-refractivity contribution in [3.05, 3.63) is 11.9 Å². The molecule has 0 aliphatic rings. The van der Waals surface area contributed by atoms with E-state index in [2.05, 4.69) is 10.3 Å². The van der Waals surface area contributed by atoms with Crippen LogP contribution in [0.3, 0.4) is 0 Å². The third-order valence-electron chi connectivity index (χ3n) is 3.34. The summed E-state index contributed by atoms with van der Waals surface area (Å²) in [6.07, 6.45) is 4.70.